The Morgan fingerprint density at radius 1 is 0.650 bits per heavy atom. The summed E-state index contributed by atoms with van der Waals surface area (Å²) in [5.74, 6) is -1.03. The molecule has 0 saturated carbocycles. The summed E-state index contributed by atoms with van der Waals surface area (Å²) >= 11 is 0. The molecule has 0 radical (unpaired) electrons. The zero-order valence-electron chi connectivity index (χ0n) is 10.7. The van der Waals surface area contributed by atoms with Crippen molar-refractivity contribution in [2.75, 3.05) is 9.80 Å². The van der Waals surface area contributed by atoms with Crippen LogP contribution >= 0.6 is 0 Å². The van der Waals surface area contributed by atoms with E-state index in [-0.39, 0.29) is 49.3 Å². The third-order valence-electron chi connectivity index (χ3n) is 3.45. The quantitative estimate of drug-likeness (QED) is 0.752. The van der Waals surface area contributed by atoms with Crippen molar-refractivity contribution in [2.45, 2.75) is 25.7 Å². The molecule has 0 aliphatic carbocycles. The van der Waals surface area contributed by atoms with Crippen LogP contribution in [0.1, 0.15) is 25.7 Å². The highest BCUT2D eigenvalue weighted by molar-refractivity contribution is 6.22. The molecule has 0 aromatic heterocycles. The zero-order chi connectivity index (χ0) is 14.3. The van der Waals surface area contributed by atoms with Crippen LogP contribution in [0.2, 0.25) is 0 Å². The van der Waals surface area contributed by atoms with E-state index in [1.165, 1.54) is 6.07 Å². The van der Waals surface area contributed by atoms with Gasteiger partial charge in [0.05, 0.1) is 11.4 Å². The van der Waals surface area contributed by atoms with Crippen LogP contribution in [0, 0.1) is 0 Å². The Hall–Kier alpha value is -2.50. The minimum absolute atomic E-state index is 0.199. The average molecular weight is 272 g/mol. The summed E-state index contributed by atoms with van der Waals surface area (Å²) in [6, 6.07) is 6.40. The Kier molecular flexibility index (Phi) is 2.85. The van der Waals surface area contributed by atoms with Crippen LogP contribution in [0.5, 0.6) is 0 Å². The Morgan fingerprint density at radius 3 is 1.35 bits per heavy atom. The van der Waals surface area contributed by atoms with Gasteiger partial charge in [-0.25, -0.2) is 0 Å². The van der Waals surface area contributed by atoms with Crippen molar-refractivity contribution in [1.29, 1.82) is 0 Å². The summed E-state index contributed by atoms with van der Waals surface area (Å²) in [6.07, 6.45) is 0.796. The monoisotopic (exact) mass is 272 g/mol. The van der Waals surface area contributed by atoms with Crippen molar-refractivity contribution < 1.29 is 19.2 Å². The smallest absolute Gasteiger partial charge is 0.234 e. The summed E-state index contributed by atoms with van der Waals surface area (Å²) in [5.41, 5.74) is 0.810. The fourth-order valence-corrected chi connectivity index (χ4v) is 2.50. The average Bonchev–Trinajstić information content (AvgIpc) is 2.93. The molecule has 0 atom stereocenters. The van der Waals surface area contributed by atoms with Crippen molar-refractivity contribution in [2.24, 2.45) is 0 Å². The summed E-state index contributed by atoms with van der Waals surface area (Å²) < 4.78 is 0. The molecule has 3 rings (SSSR count). The molecule has 2 aliphatic rings. The van der Waals surface area contributed by atoms with Gasteiger partial charge in [-0.2, -0.15) is 0 Å². The molecule has 0 bridgehead atoms. The maximum absolute atomic E-state index is 11.7. The van der Waals surface area contributed by atoms with E-state index in [0.29, 0.717) is 11.4 Å². The van der Waals surface area contributed by atoms with Crippen LogP contribution < -0.4 is 9.80 Å². The van der Waals surface area contributed by atoms with Crippen LogP contribution in [0.15, 0.2) is 24.3 Å². The molecule has 2 fully saturated rings. The fraction of sp³-hybridized carbons (Fsp3) is 0.286. The first-order valence-electron chi connectivity index (χ1n) is 6.39. The Bertz CT molecular complexity index is 555. The van der Waals surface area contributed by atoms with E-state index in [1.807, 2.05) is 0 Å². The SMILES string of the molecule is O=C1CCC(=O)N1c1cccc(N2C(=O)CCC2=O)c1. The van der Waals surface area contributed by atoms with Gasteiger partial charge in [-0.1, -0.05) is 6.07 Å². The number of anilines is 2. The summed E-state index contributed by atoms with van der Waals surface area (Å²) in [5, 5.41) is 0. The van der Waals surface area contributed by atoms with Crippen molar-refractivity contribution >= 4 is 35.0 Å². The predicted octanol–water partition coefficient (Wildman–Crippen LogP) is 0.993. The van der Waals surface area contributed by atoms with Gasteiger partial charge in [0, 0.05) is 25.7 Å². The van der Waals surface area contributed by atoms with Gasteiger partial charge in [-0.05, 0) is 18.2 Å². The lowest BCUT2D eigenvalue weighted by molar-refractivity contribution is -0.122. The van der Waals surface area contributed by atoms with Gasteiger partial charge < -0.3 is 0 Å². The van der Waals surface area contributed by atoms with Crippen molar-refractivity contribution in [3.63, 3.8) is 0 Å². The maximum Gasteiger partial charge on any atom is 0.234 e. The number of carbonyl (C=O) groups is 4. The molecule has 2 aliphatic heterocycles. The highest BCUT2D eigenvalue weighted by Gasteiger charge is 2.33. The van der Waals surface area contributed by atoms with E-state index in [4.69, 9.17) is 0 Å². The summed E-state index contributed by atoms with van der Waals surface area (Å²) in [4.78, 5) is 49.0. The van der Waals surface area contributed by atoms with Crippen molar-refractivity contribution in [3.8, 4) is 0 Å². The summed E-state index contributed by atoms with van der Waals surface area (Å²) in [7, 11) is 0. The Morgan fingerprint density at radius 2 is 1.00 bits per heavy atom. The number of carbonyl (C=O) groups excluding carboxylic acids is 4. The van der Waals surface area contributed by atoms with E-state index in [9.17, 15) is 19.2 Å². The second-order valence-electron chi connectivity index (χ2n) is 4.77. The standard InChI is InChI=1S/C14H12N2O4/c17-11-4-5-12(18)15(11)9-2-1-3-10(8-9)16-13(19)6-7-14(16)20/h1-3,8H,4-7H2. The number of imide groups is 2. The molecular weight excluding hydrogens is 260 g/mol. The Balaban J connectivity index is 1.98. The normalized spacial score (nSPS) is 19.4. The van der Waals surface area contributed by atoms with Crippen LogP contribution in [0.4, 0.5) is 11.4 Å². The minimum Gasteiger partial charge on any atom is -0.274 e. The van der Waals surface area contributed by atoms with E-state index in [1.54, 1.807) is 18.2 Å². The molecule has 6 nitrogen and oxygen atoms in total. The van der Waals surface area contributed by atoms with Gasteiger partial charge in [0.1, 0.15) is 0 Å². The number of hydrogen-bond acceptors (Lipinski definition) is 4. The molecule has 0 N–H and O–H groups in total. The first-order chi connectivity index (χ1) is 9.58. The van der Waals surface area contributed by atoms with Crippen LogP contribution in [0.25, 0.3) is 0 Å². The molecular formula is C14H12N2O4. The molecule has 4 amide bonds. The largest absolute Gasteiger partial charge is 0.274 e. The summed E-state index contributed by atoms with van der Waals surface area (Å²) in [6.45, 7) is 0. The highest BCUT2D eigenvalue weighted by atomic mass is 16.2. The second kappa shape index (κ2) is 4.56. The lowest BCUT2D eigenvalue weighted by Gasteiger charge is -2.18. The van der Waals surface area contributed by atoms with E-state index >= 15 is 0 Å². The van der Waals surface area contributed by atoms with Crippen LogP contribution in [-0.4, -0.2) is 23.6 Å². The van der Waals surface area contributed by atoms with Crippen LogP contribution in [0.3, 0.4) is 0 Å². The van der Waals surface area contributed by atoms with Gasteiger partial charge in [-0.15, -0.1) is 0 Å². The number of hydrogen-bond donors (Lipinski definition) is 0. The van der Waals surface area contributed by atoms with Gasteiger partial charge in [0.15, 0.2) is 0 Å². The van der Waals surface area contributed by atoms with E-state index < -0.39 is 0 Å². The van der Waals surface area contributed by atoms with Gasteiger partial charge in [-0.3, -0.25) is 29.0 Å². The molecule has 6 heteroatoms. The lowest BCUT2D eigenvalue weighted by Crippen LogP contribution is -2.30. The molecule has 1 aromatic rings. The first-order valence-corrected chi connectivity index (χ1v) is 6.39. The highest BCUT2D eigenvalue weighted by Crippen LogP contribution is 2.29. The van der Waals surface area contributed by atoms with Gasteiger partial charge >= 0.3 is 0 Å². The van der Waals surface area contributed by atoms with Crippen molar-refractivity contribution in [3.05, 3.63) is 24.3 Å². The molecule has 102 valence electrons. The molecule has 20 heavy (non-hydrogen) atoms. The molecule has 2 heterocycles. The number of rotatable bonds is 2. The molecule has 0 unspecified atom stereocenters. The van der Waals surface area contributed by atoms with Gasteiger partial charge in [0.25, 0.3) is 0 Å². The first kappa shape index (κ1) is 12.5. The lowest BCUT2D eigenvalue weighted by atomic mass is 10.2. The number of nitrogens with zero attached hydrogens (tertiary/aromatic N) is 2. The fourth-order valence-electron chi connectivity index (χ4n) is 2.50. The third kappa shape index (κ3) is 1.89. The zero-order valence-corrected chi connectivity index (χ0v) is 10.7. The van der Waals surface area contributed by atoms with E-state index in [2.05, 4.69) is 0 Å². The Labute approximate surface area is 115 Å². The van der Waals surface area contributed by atoms with Crippen LogP contribution in [-0.2, 0) is 19.2 Å². The second-order valence-corrected chi connectivity index (χ2v) is 4.77. The van der Waals surface area contributed by atoms with E-state index in [0.717, 1.165) is 9.80 Å². The third-order valence-corrected chi connectivity index (χ3v) is 3.45. The van der Waals surface area contributed by atoms with Gasteiger partial charge in [0.2, 0.25) is 23.6 Å². The topological polar surface area (TPSA) is 74.8 Å². The minimum atomic E-state index is -0.258. The molecule has 2 saturated heterocycles. The molecule has 1 aromatic carbocycles. The predicted molar refractivity (Wildman–Crippen MR) is 69.9 cm³/mol. The number of amides is 4. The maximum atomic E-state index is 11.7. The molecule has 0 spiro atoms. The van der Waals surface area contributed by atoms with Crippen molar-refractivity contribution in [1.82, 2.24) is 0 Å². The number of benzene rings is 1.